The Kier molecular flexibility index (Phi) is 7.72. The van der Waals surface area contributed by atoms with E-state index in [4.69, 9.17) is 9.47 Å². The molecule has 4 rings (SSSR count). The molecule has 35 heavy (non-hydrogen) atoms. The van der Waals surface area contributed by atoms with Crippen molar-refractivity contribution in [2.24, 2.45) is 0 Å². The number of benzene rings is 3. The highest BCUT2D eigenvalue weighted by Crippen LogP contribution is 2.28. The maximum absolute atomic E-state index is 12.6. The Morgan fingerprint density at radius 3 is 2.37 bits per heavy atom. The molecule has 180 valence electrons. The van der Waals surface area contributed by atoms with Crippen molar-refractivity contribution in [3.8, 4) is 17.2 Å². The van der Waals surface area contributed by atoms with Crippen LogP contribution in [0.1, 0.15) is 30.0 Å². The van der Waals surface area contributed by atoms with E-state index in [2.05, 4.69) is 15.5 Å². The molecule has 0 saturated heterocycles. The first kappa shape index (κ1) is 24.3. The van der Waals surface area contributed by atoms with Crippen molar-refractivity contribution in [3.05, 3.63) is 89.7 Å². The summed E-state index contributed by atoms with van der Waals surface area (Å²) in [6, 6.07) is 23.1. The maximum Gasteiger partial charge on any atom is 0.234 e. The van der Waals surface area contributed by atoms with E-state index in [0.717, 1.165) is 22.7 Å². The number of hydrogen-bond donors (Lipinski definition) is 1. The summed E-state index contributed by atoms with van der Waals surface area (Å²) in [5.74, 6) is 2.19. The van der Waals surface area contributed by atoms with Crippen LogP contribution in [0.25, 0.3) is 5.69 Å². The van der Waals surface area contributed by atoms with Crippen LogP contribution in [0, 0.1) is 13.8 Å². The van der Waals surface area contributed by atoms with Gasteiger partial charge in [-0.25, -0.2) is 0 Å². The van der Waals surface area contributed by atoms with Crippen LogP contribution < -0.4 is 14.8 Å². The number of carbonyl (C=O) groups excluding carboxylic acids is 1. The minimum absolute atomic E-state index is 0.107. The van der Waals surface area contributed by atoms with E-state index in [1.165, 1.54) is 17.3 Å². The minimum atomic E-state index is -0.380. The molecule has 0 aliphatic carbocycles. The molecule has 1 atom stereocenters. The number of amides is 1. The third-order valence-corrected chi connectivity index (χ3v) is 6.46. The van der Waals surface area contributed by atoms with Crippen molar-refractivity contribution in [3.63, 3.8) is 0 Å². The van der Waals surface area contributed by atoms with Crippen LogP contribution in [0.15, 0.2) is 78.0 Å². The zero-order valence-corrected chi connectivity index (χ0v) is 21.0. The lowest BCUT2D eigenvalue weighted by Crippen LogP contribution is -2.15. The molecule has 1 N–H and O–H groups in total. The fraction of sp³-hybridized carbons (Fsp3) is 0.222. The lowest BCUT2D eigenvalue weighted by Gasteiger charge is -2.17. The molecule has 0 saturated carbocycles. The number of carbonyl (C=O) groups is 1. The first-order chi connectivity index (χ1) is 16.9. The molecule has 4 aromatic rings. The number of aromatic nitrogens is 3. The summed E-state index contributed by atoms with van der Waals surface area (Å²) in [5, 5.41) is 12.4. The van der Waals surface area contributed by atoms with Gasteiger partial charge >= 0.3 is 0 Å². The Hall–Kier alpha value is -3.78. The summed E-state index contributed by atoms with van der Waals surface area (Å²) >= 11 is 1.33. The van der Waals surface area contributed by atoms with Gasteiger partial charge in [0.05, 0.1) is 12.9 Å². The number of anilines is 1. The summed E-state index contributed by atoms with van der Waals surface area (Å²) in [7, 11) is 1.63. The lowest BCUT2D eigenvalue weighted by molar-refractivity contribution is -0.113. The van der Waals surface area contributed by atoms with Crippen molar-refractivity contribution in [2.75, 3.05) is 18.2 Å². The summed E-state index contributed by atoms with van der Waals surface area (Å²) in [5.41, 5.74) is 4.00. The van der Waals surface area contributed by atoms with Crippen molar-refractivity contribution < 1.29 is 14.3 Å². The maximum atomic E-state index is 12.6. The van der Waals surface area contributed by atoms with Gasteiger partial charge < -0.3 is 14.8 Å². The summed E-state index contributed by atoms with van der Waals surface area (Å²) in [6.07, 6.45) is -0.380. The average Bonchev–Trinajstić information content (AvgIpc) is 3.30. The molecule has 0 fully saturated rings. The molecular formula is C27H28N4O3S. The smallest absolute Gasteiger partial charge is 0.234 e. The molecule has 8 heteroatoms. The van der Waals surface area contributed by atoms with Crippen LogP contribution in [0.5, 0.6) is 11.5 Å². The molecule has 0 aliphatic rings. The highest BCUT2D eigenvalue weighted by Gasteiger charge is 2.21. The average molecular weight is 489 g/mol. The molecule has 1 amide bonds. The third-order valence-electron chi connectivity index (χ3n) is 5.53. The number of ether oxygens (including phenoxy) is 2. The predicted molar refractivity (Wildman–Crippen MR) is 139 cm³/mol. The van der Waals surface area contributed by atoms with E-state index in [-0.39, 0.29) is 17.8 Å². The molecule has 0 aliphatic heterocycles. The normalized spacial score (nSPS) is 11.7. The molecule has 1 heterocycles. The highest BCUT2D eigenvalue weighted by atomic mass is 32.2. The van der Waals surface area contributed by atoms with Crippen LogP contribution in [0.4, 0.5) is 5.69 Å². The summed E-state index contributed by atoms with van der Waals surface area (Å²) < 4.78 is 13.3. The lowest BCUT2D eigenvalue weighted by atomic mass is 10.1. The standard InChI is InChI=1S/C27H28N4O3S/c1-18-10-11-21(16-19(18)2)28-25(32)17-35-27-30-29-26(31(27)22-8-6-5-7-9-22)20(3)34-24-14-12-23(33-4)13-15-24/h5-16,20H,17H2,1-4H3,(H,28,32). The number of nitrogens with zero attached hydrogens (tertiary/aromatic N) is 3. The van der Waals surface area contributed by atoms with Crippen LogP contribution in [-0.2, 0) is 4.79 Å². The van der Waals surface area contributed by atoms with E-state index in [1.54, 1.807) is 7.11 Å². The second-order valence-corrected chi connectivity index (χ2v) is 9.03. The van der Waals surface area contributed by atoms with Crippen LogP contribution in [-0.4, -0.2) is 33.5 Å². The number of para-hydroxylation sites is 1. The van der Waals surface area contributed by atoms with Gasteiger partial charge in [0.2, 0.25) is 5.91 Å². The van der Waals surface area contributed by atoms with Crippen LogP contribution in [0.3, 0.4) is 0 Å². The zero-order valence-electron chi connectivity index (χ0n) is 20.2. The Morgan fingerprint density at radius 2 is 1.69 bits per heavy atom. The molecule has 7 nitrogen and oxygen atoms in total. The number of thioether (sulfide) groups is 1. The Bertz CT molecular complexity index is 1290. The van der Waals surface area contributed by atoms with E-state index >= 15 is 0 Å². The number of aryl methyl sites for hydroxylation is 2. The van der Waals surface area contributed by atoms with Crippen molar-refractivity contribution in [2.45, 2.75) is 32.0 Å². The Morgan fingerprint density at radius 1 is 0.971 bits per heavy atom. The largest absolute Gasteiger partial charge is 0.497 e. The predicted octanol–water partition coefficient (Wildman–Crippen LogP) is 5.76. The van der Waals surface area contributed by atoms with Crippen LogP contribution >= 0.6 is 11.8 Å². The van der Waals surface area contributed by atoms with Gasteiger partial charge in [-0.3, -0.25) is 9.36 Å². The summed E-state index contributed by atoms with van der Waals surface area (Å²) in [4.78, 5) is 12.6. The van der Waals surface area contributed by atoms with E-state index < -0.39 is 0 Å². The van der Waals surface area contributed by atoms with Gasteiger partial charge in [0.25, 0.3) is 0 Å². The molecule has 1 aromatic heterocycles. The zero-order chi connectivity index (χ0) is 24.8. The number of methoxy groups -OCH3 is 1. The van der Waals surface area contributed by atoms with E-state index in [1.807, 2.05) is 98.1 Å². The fourth-order valence-corrected chi connectivity index (χ4v) is 4.27. The van der Waals surface area contributed by atoms with Gasteiger partial charge in [0.1, 0.15) is 11.5 Å². The van der Waals surface area contributed by atoms with Crippen molar-refractivity contribution >= 4 is 23.4 Å². The fourth-order valence-electron chi connectivity index (χ4n) is 3.52. The molecule has 3 aromatic carbocycles. The molecule has 0 radical (unpaired) electrons. The molecule has 1 unspecified atom stereocenters. The van der Waals surface area contributed by atoms with Gasteiger partial charge in [-0.05, 0) is 80.4 Å². The van der Waals surface area contributed by atoms with E-state index in [9.17, 15) is 4.79 Å². The highest BCUT2D eigenvalue weighted by molar-refractivity contribution is 7.99. The first-order valence-electron chi connectivity index (χ1n) is 11.3. The number of hydrogen-bond acceptors (Lipinski definition) is 6. The monoisotopic (exact) mass is 488 g/mol. The topological polar surface area (TPSA) is 78.3 Å². The Labute approximate surface area is 209 Å². The van der Waals surface area contributed by atoms with Gasteiger partial charge in [0, 0.05) is 11.4 Å². The number of rotatable bonds is 9. The summed E-state index contributed by atoms with van der Waals surface area (Å²) in [6.45, 7) is 6.00. The van der Waals surface area contributed by atoms with Gasteiger partial charge in [0.15, 0.2) is 17.1 Å². The minimum Gasteiger partial charge on any atom is -0.497 e. The van der Waals surface area contributed by atoms with Crippen molar-refractivity contribution in [1.82, 2.24) is 14.8 Å². The number of nitrogens with one attached hydrogen (secondary N) is 1. The van der Waals surface area contributed by atoms with Crippen molar-refractivity contribution in [1.29, 1.82) is 0 Å². The van der Waals surface area contributed by atoms with Gasteiger partial charge in [-0.1, -0.05) is 36.0 Å². The molecule has 0 spiro atoms. The van der Waals surface area contributed by atoms with Gasteiger partial charge in [-0.15, -0.1) is 10.2 Å². The van der Waals surface area contributed by atoms with Crippen LogP contribution in [0.2, 0.25) is 0 Å². The first-order valence-corrected chi connectivity index (χ1v) is 12.2. The second-order valence-electron chi connectivity index (χ2n) is 8.08. The second kappa shape index (κ2) is 11.1. The Balaban J connectivity index is 1.52. The molecular weight excluding hydrogens is 460 g/mol. The SMILES string of the molecule is COc1ccc(OC(C)c2nnc(SCC(=O)Nc3ccc(C)c(C)c3)n2-c2ccccc2)cc1. The molecule has 0 bridgehead atoms. The van der Waals surface area contributed by atoms with Gasteiger partial charge in [-0.2, -0.15) is 0 Å². The quantitative estimate of drug-likeness (QED) is 0.302. The van der Waals surface area contributed by atoms with E-state index in [0.29, 0.717) is 16.7 Å². The third kappa shape index (κ3) is 6.02.